The van der Waals surface area contributed by atoms with Crippen molar-refractivity contribution in [2.75, 3.05) is 6.61 Å². The van der Waals surface area contributed by atoms with Crippen LogP contribution in [0.3, 0.4) is 0 Å². The van der Waals surface area contributed by atoms with Crippen molar-refractivity contribution in [1.82, 2.24) is 15.1 Å². The summed E-state index contributed by atoms with van der Waals surface area (Å²) in [5.74, 6) is 0.816. The molecule has 8 nitrogen and oxygen atoms in total. The topological polar surface area (TPSA) is 112 Å². The fraction of sp³-hybridized carbons (Fsp3) is 0.167. The number of nitrogens with one attached hydrogen (secondary N) is 1. The summed E-state index contributed by atoms with van der Waals surface area (Å²) in [6.45, 7) is 2.46. The van der Waals surface area contributed by atoms with Crippen LogP contribution in [-0.2, 0) is 6.54 Å². The first-order valence-electron chi connectivity index (χ1n) is 10.2. The van der Waals surface area contributed by atoms with Gasteiger partial charge >= 0.3 is 0 Å². The predicted molar refractivity (Wildman–Crippen MR) is 115 cm³/mol. The highest BCUT2D eigenvalue weighted by molar-refractivity contribution is 6.00. The van der Waals surface area contributed by atoms with Crippen LogP contribution in [0.4, 0.5) is 0 Å². The number of phenolic OH excluding ortho intramolecular Hbond substituents is 2. The highest BCUT2D eigenvalue weighted by atomic mass is 16.5. The SMILES string of the molecule is CCOc1cc(C2c3c(-c4ccccc4O)n[nH]c3C(=O)N2Cc2ccco2)ccc1O. The number of aromatic hydroxyl groups is 2. The van der Waals surface area contributed by atoms with E-state index in [0.717, 1.165) is 5.56 Å². The Morgan fingerprint density at radius 2 is 1.97 bits per heavy atom. The molecule has 3 N–H and O–H groups in total. The molecule has 0 fully saturated rings. The maximum atomic E-state index is 13.4. The van der Waals surface area contributed by atoms with E-state index in [-0.39, 0.29) is 24.0 Å². The number of nitrogens with zero attached hydrogens (tertiary/aromatic N) is 2. The molecule has 1 unspecified atom stereocenters. The van der Waals surface area contributed by atoms with Gasteiger partial charge in [-0.05, 0) is 48.9 Å². The Labute approximate surface area is 183 Å². The number of H-pyrrole nitrogens is 1. The lowest BCUT2D eigenvalue weighted by molar-refractivity contribution is 0.0716. The fourth-order valence-electron chi connectivity index (χ4n) is 4.13. The summed E-state index contributed by atoms with van der Waals surface area (Å²) in [6, 6.07) is 14.9. The fourth-order valence-corrected chi connectivity index (χ4v) is 4.13. The van der Waals surface area contributed by atoms with Crippen LogP contribution in [0.5, 0.6) is 17.2 Å². The molecule has 162 valence electrons. The van der Waals surface area contributed by atoms with Crippen molar-refractivity contribution >= 4 is 5.91 Å². The summed E-state index contributed by atoms with van der Waals surface area (Å²) in [7, 11) is 0. The Balaban J connectivity index is 1.68. The van der Waals surface area contributed by atoms with Gasteiger partial charge in [0.2, 0.25) is 0 Å². The lowest BCUT2D eigenvalue weighted by Gasteiger charge is -2.26. The normalized spacial score (nSPS) is 15.2. The van der Waals surface area contributed by atoms with Gasteiger partial charge in [-0.2, -0.15) is 5.10 Å². The van der Waals surface area contributed by atoms with Gasteiger partial charge < -0.3 is 24.3 Å². The molecule has 0 spiro atoms. The molecule has 2 aromatic carbocycles. The van der Waals surface area contributed by atoms with Crippen LogP contribution in [0.1, 0.15) is 40.3 Å². The molecule has 0 bridgehead atoms. The van der Waals surface area contributed by atoms with Crippen LogP contribution < -0.4 is 4.74 Å². The number of fused-ring (bicyclic) bond motifs is 1. The van der Waals surface area contributed by atoms with Crippen LogP contribution in [0.15, 0.2) is 65.3 Å². The second kappa shape index (κ2) is 7.81. The van der Waals surface area contributed by atoms with Crippen molar-refractivity contribution in [3.8, 4) is 28.5 Å². The second-order valence-electron chi connectivity index (χ2n) is 7.45. The summed E-state index contributed by atoms with van der Waals surface area (Å²) in [5.41, 5.74) is 2.75. The van der Waals surface area contributed by atoms with Gasteiger partial charge in [-0.25, -0.2) is 0 Å². The van der Waals surface area contributed by atoms with Crippen molar-refractivity contribution in [3.63, 3.8) is 0 Å². The van der Waals surface area contributed by atoms with E-state index in [1.165, 1.54) is 0 Å². The van der Waals surface area contributed by atoms with Gasteiger partial charge in [0.05, 0.1) is 25.5 Å². The van der Waals surface area contributed by atoms with E-state index in [9.17, 15) is 15.0 Å². The molecular formula is C24H21N3O5. The summed E-state index contributed by atoms with van der Waals surface area (Å²) in [6.07, 6.45) is 1.56. The van der Waals surface area contributed by atoms with E-state index in [4.69, 9.17) is 9.15 Å². The van der Waals surface area contributed by atoms with Gasteiger partial charge in [-0.1, -0.05) is 18.2 Å². The first kappa shape index (κ1) is 19.7. The van der Waals surface area contributed by atoms with Gasteiger partial charge in [0, 0.05) is 11.1 Å². The molecule has 0 saturated carbocycles. The summed E-state index contributed by atoms with van der Waals surface area (Å²) >= 11 is 0. The molecule has 1 amide bonds. The molecule has 0 radical (unpaired) electrons. The van der Waals surface area contributed by atoms with Gasteiger partial charge in [-0.3, -0.25) is 9.89 Å². The van der Waals surface area contributed by atoms with E-state index in [1.54, 1.807) is 59.7 Å². The first-order chi connectivity index (χ1) is 15.6. The number of furan rings is 1. The van der Waals surface area contributed by atoms with Gasteiger partial charge in [0.1, 0.15) is 22.9 Å². The van der Waals surface area contributed by atoms with E-state index in [1.807, 2.05) is 13.0 Å². The van der Waals surface area contributed by atoms with Crippen LogP contribution in [0.2, 0.25) is 0 Å². The number of phenols is 2. The Morgan fingerprint density at radius 1 is 1.12 bits per heavy atom. The molecule has 4 aromatic rings. The molecule has 1 aliphatic rings. The quantitative estimate of drug-likeness (QED) is 0.421. The lowest BCUT2D eigenvalue weighted by Crippen LogP contribution is -2.29. The van der Waals surface area contributed by atoms with Crippen molar-refractivity contribution in [2.45, 2.75) is 19.5 Å². The van der Waals surface area contributed by atoms with E-state index in [2.05, 4.69) is 10.2 Å². The van der Waals surface area contributed by atoms with Gasteiger partial charge in [-0.15, -0.1) is 0 Å². The zero-order chi connectivity index (χ0) is 22.2. The Bertz CT molecular complexity index is 1280. The largest absolute Gasteiger partial charge is 0.507 e. The third-order valence-electron chi connectivity index (χ3n) is 5.53. The van der Waals surface area contributed by atoms with E-state index >= 15 is 0 Å². The number of benzene rings is 2. The summed E-state index contributed by atoms with van der Waals surface area (Å²) in [5, 5.41) is 27.9. The van der Waals surface area contributed by atoms with E-state index < -0.39 is 6.04 Å². The number of hydrogen-bond donors (Lipinski definition) is 3. The lowest BCUT2D eigenvalue weighted by atomic mass is 9.95. The Kier molecular flexibility index (Phi) is 4.82. The van der Waals surface area contributed by atoms with Crippen LogP contribution in [-0.4, -0.2) is 37.8 Å². The van der Waals surface area contributed by atoms with Crippen LogP contribution in [0, 0.1) is 0 Å². The summed E-state index contributed by atoms with van der Waals surface area (Å²) < 4.78 is 11.1. The third kappa shape index (κ3) is 3.17. The molecule has 0 aliphatic carbocycles. The molecule has 8 heteroatoms. The monoisotopic (exact) mass is 431 g/mol. The Hall–Kier alpha value is -4.20. The number of carbonyl (C=O) groups is 1. The first-order valence-corrected chi connectivity index (χ1v) is 10.2. The number of aromatic amines is 1. The third-order valence-corrected chi connectivity index (χ3v) is 5.53. The number of para-hydroxylation sites is 1. The van der Waals surface area contributed by atoms with Gasteiger partial charge in [0.15, 0.2) is 11.5 Å². The molecule has 1 aliphatic heterocycles. The second-order valence-corrected chi connectivity index (χ2v) is 7.45. The number of carbonyl (C=O) groups excluding carboxylic acids is 1. The van der Waals surface area contributed by atoms with Crippen LogP contribution in [0.25, 0.3) is 11.3 Å². The molecule has 1 atom stereocenters. The average molecular weight is 431 g/mol. The van der Waals surface area contributed by atoms with Gasteiger partial charge in [0.25, 0.3) is 5.91 Å². The zero-order valence-corrected chi connectivity index (χ0v) is 17.3. The van der Waals surface area contributed by atoms with Crippen LogP contribution >= 0.6 is 0 Å². The van der Waals surface area contributed by atoms with Crippen molar-refractivity contribution < 1.29 is 24.2 Å². The minimum absolute atomic E-state index is 0.0193. The van der Waals surface area contributed by atoms with Crippen molar-refractivity contribution in [1.29, 1.82) is 0 Å². The maximum absolute atomic E-state index is 13.4. The number of aromatic nitrogens is 2. The van der Waals surface area contributed by atoms with E-state index in [0.29, 0.717) is 40.6 Å². The molecule has 32 heavy (non-hydrogen) atoms. The number of amides is 1. The molecule has 3 heterocycles. The number of hydrogen-bond acceptors (Lipinski definition) is 6. The minimum Gasteiger partial charge on any atom is -0.507 e. The standard InChI is InChI=1S/C24H21N3O5/c1-2-31-19-12-14(9-10-18(19)29)23-20-21(16-7-3-4-8-17(16)28)25-26-22(20)24(30)27(23)13-15-6-5-11-32-15/h3-12,23,28-29H,2,13H2,1H3,(H,25,26). The summed E-state index contributed by atoms with van der Waals surface area (Å²) in [4.78, 5) is 15.1. The molecule has 2 aromatic heterocycles. The minimum atomic E-state index is -0.532. The average Bonchev–Trinajstić information content (AvgIpc) is 3.50. The van der Waals surface area contributed by atoms with Crippen molar-refractivity contribution in [3.05, 3.63) is 83.4 Å². The smallest absolute Gasteiger partial charge is 0.273 e. The number of rotatable bonds is 6. The number of ether oxygens (including phenoxy) is 1. The Morgan fingerprint density at radius 3 is 2.72 bits per heavy atom. The zero-order valence-electron chi connectivity index (χ0n) is 17.3. The molecule has 5 rings (SSSR count). The molecule has 0 saturated heterocycles. The van der Waals surface area contributed by atoms with Crippen molar-refractivity contribution in [2.24, 2.45) is 0 Å². The predicted octanol–water partition coefficient (Wildman–Crippen LogP) is 4.23. The highest BCUT2D eigenvalue weighted by Crippen LogP contribution is 2.46. The molecular weight excluding hydrogens is 410 g/mol. The highest BCUT2D eigenvalue weighted by Gasteiger charge is 2.43. The maximum Gasteiger partial charge on any atom is 0.273 e.